The smallest absolute Gasteiger partial charge is 0.0952 e. The largest absolute Gasteiger partial charge is 0.370 e. The van der Waals surface area contributed by atoms with E-state index >= 15 is 0 Å². The predicted molar refractivity (Wildman–Crippen MR) is 61.8 cm³/mol. The van der Waals surface area contributed by atoms with Crippen molar-refractivity contribution in [2.75, 3.05) is 20.2 Å². The Bertz CT molecular complexity index is 321. The van der Waals surface area contributed by atoms with E-state index < -0.39 is 0 Å². The van der Waals surface area contributed by atoms with Crippen LogP contribution in [0.4, 0.5) is 0 Å². The second kappa shape index (κ2) is 3.95. The molecule has 0 radical (unpaired) electrons. The Morgan fingerprint density at radius 3 is 2.53 bits per heavy atom. The molecule has 1 aliphatic rings. The molecule has 2 nitrogen and oxygen atoms in total. The van der Waals surface area contributed by atoms with Crippen LogP contribution in [0.1, 0.15) is 25.5 Å². The number of likely N-dealkylation sites (N-methyl/N-ethyl adjacent to an activating group) is 1. The van der Waals surface area contributed by atoms with Crippen molar-refractivity contribution in [3.05, 3.63) is 35.9 Å². The monoisotopic (exact) mass is 205 g/mol. The molecule has 0 spiro atoms. The summed E-state index contributed by atoms with van der Waals surface area (Å²) in [4.78, 5) is 2.37. The van der Waals surface area contributed by atoms with E-state index in [4.69, 9.17) is 4.74 Å². The first-order chi connectivity index (χ1) is 7.09. The van der Waals surface area contributed by atoms with E-state index in [1.54, 1.807) is 0 Å². The molecule has 1 unspecified atom stereocenters. The fourth-order valence-corrected chi connectivity index (χ4v) is 1.83. The van der Waals surface area contributed by atoms with Crippen molar-refractivity contribution in [3.63, 3.8) is 0 Å². The highest BCUT2D eigenvalue weighted by Crippen LogP contribution is 2.28. The van der Waals surface area contributed by atoms with Gasteiger partial charge < -0.3 is 4.74 Å². The van der Waals surface area contributed by atoms with Gasteiger partial charge in [-0.3, -0.25) is 4.90 Å². The lowest BCUT2D eigenvalue weighted by Gasteiger charge is -2.43. The maximum absolute atomic E-state index is 5.91. The molecule has 0 aromatic heterocycles. The van der Waals surface area contributed by atoms with Crippen LogP contribution in [-0.4, -0.2) is 30.6 Å². The van der Waals surface area contributed by atoms with Crippen molar-refractivity contribution in [2.45, 2.75) is 25.5 Å². The molecule has 1 atom stereocenters. The van der Waals surface area contributed by atoms with Gasteiger partial charge in [-0.25, -0.2) is 0 Å². The molecular formula is C13H19NO. The summed E-state index contributed by atoms with van der Waals surface area (Å²) in [6.07, 6.45) is 0.226. The van der Waals surface area contributed by atoms with Gasteiger partial charge in [0.1, 0.15) is 0 Å². The Kier molecular flexibility index (Phi) is 2.81. The number of benzene rings is 1. The Morgan fingerprint density at radius 1 is 1.27 bits per heavy atom. The molecule has 0 amide bonds. The minimum absolute atomic E-state index is 0.158. The van der Waals surface area contributed by atoms with Crippen LogP contribution in [-0.2, 0) is 4.74 Å². The highest BCUT2D eigenvalue weighted by Gasteiger charge is 2.32. The zero-order valence-corrected chi connectivity index (χ0v) is 9.73. The predicted octanol–water partition coefficient (Wildman–Crippen LogP) is 2.47. The third kappa shape index (κ3) is 2.21. The van der Waals surface area contributed by atoms with Crippen LogP contribution >= 0.6 is 0 Å². The second-order valence-electron chi connectivity index (χ2n) is 4.90. The van der Waals surface area contributed by atoms with Gasteiger partial charge in [0.15, 0.2) is 0 Å². The van der Waals surface area contributed by atoms with E-state index in [1.807, 2.05) is 6.07 Å². The average Bonchev–Trinajstić information content (AvgIpc) is 2.23. The number of hydrogen-bond acceptors (Lipinski definition) is 2. The quantitative estimate of drug-likeness (QED) is 0.698. The molecule has 1 saturated heterocycles. The molecule has 1 fully saturated rings. The molecule has 1 aromatic rings. The highest BCUT2D eigenvalue weighted by molar-refractivity contribution is 5.18. The highest BCUT2D eigenvalue weighted by atomic mass is 16.5. The molecule has 1 aromatic carbocycles. The van der Waals surface area contributed by atoms with E-state index in [0.717, 1.165) is 13.2 Å². The lowest BCUT2D eigenvalue weighted by atomic mass is 9.99. The Morgan fingerprint density at radius 2 is 1.93 bits per heavy atom. The summed E-state index contributed by atoms with van der Waals surface area (Å²) < 4.78 is 5.91. The molecule has 2 rings (SSSR count). The number of hydrogen-bond donors (Lipinski definition) is 0. The summed E-state index contributed by atoms with van der Waals surface area (Å²) >= 11 is 0. The van der Waals surface area contributed by atoms with Crippen LogP contribution in [0, 0.1) is 0 Å². The zero-order chi connectivity index (χ0) is 10.9. The summed E-state index contributed by atoms with van der Waals surface area (Å²) in [6.45, 7) is 6.20. The Hall–Kier alpha value is -0.860. The van der Waals surface area contributed by atoms with Gasteiger partial charge in [-0.1, -0.05) is 30.3 Å². The molecule has 0 saturated carbocycles. The van der Waals surface area contributed by atoms with E-state index in [2.05, 4.69) is 50.1 Å². The first-order valence-corrected chi connectivity index (χ1v) is 5.47. The first kappa shape index (κ1) is 10.7. The third-order valence-corrected chi connectivity index (χ3v) is 3.28. The van der Waals surface area contributed by atoms with Crippen molar-refractivity contribution in [1.29, 1.82) is 0 Å². The van der Waals surface area contributed by atoms with Gasteiger partial charge in [0, 0.05) is 12.1 Å². The molecule has 0 bridgehead atoms. The molecule has 0 N–H and O–H groups in total. The van der Waals surface area contributed by atoms with E-state index in [0.29, 0.717) is 0 Å². The minimum Gasteiger partial charge on any atom is -0.370 e. The number of nitrogens with zero attached hydrogens (tertiary/aromatic N) is 1. The molecule has 15 heavy (non-hydrogen) atoms. The van der Waals surface area contributed by atoms with E-state index in [-0.39, 0.29) is 11.6 Å². The van der Waals surface area contributed by atoms with Crippen LogP contribution < -0.4 is 0 Å². The number of rotatable bonds is 1. The molecule has 0 aliphatic carbocycles. The minimum atomic E-state index is 0.158. The molecule has 2 heteroatoms. The third-order valence-electron chi connectivity index (χ3n) is 3.28. The Labute approximate surface area is 91.9 Å². The summed E-state index contributed by atoms with van der Waals surface area (Å²) in [7, 11) is 2.17. The average molecular weight is 205 g/mol. The van der Waals surface area contributed by atoms with Gasteiger partial charge in [0.25, 0.3) is 0 Å². The molecule has 1 heterocycles. The number of ether oxygens (including phenoxy) is 1. The van der Waals surface area contributed by atoms with Crippen LogP contribution in [0.5, 0.6) is 0 Å². The summed E-state index contributed by atoms with van der Waals surface area (Å²) in [5.74, 6) is 0. The van der Waals surface area contributed by atoms with Gasteiger partial charge in [0.05, 0.1) is 12.7 Å². The van der Waals surface area contributed by atoms with Crippen molar-refractivity contribution in [3.8, 4) is 0 Å². The lowest BCUT2D eigenvalue weighted by molar-refractivity contribution is -0.0897. The van der Waals surface area contributed by atoms with Gasteiger partial charge >= 0.3 is 0 Å². The van der Waals surface area contributed by atoms with Gasteiger partial charge in [-0.05, 0) is 26.5 Å². The molecular weight excluding hydrogens is 186 g/mol. The Balaban J connectivity index is 2.10. The van der Waals surface area contributed by atoms with E-state index in [9.17, 15) is 0 Å². The summed E-state index contributed by atoms with van der Waals surface area (Å²) in [5, 5.41) is 0. The molecule has 82 valence electrons. The zero-order valence-electron chi connectivity index (χ0n) is 9.73. The normalized spacial score (nSPS) is 26.5. The van der Waals surface area contributed by atoms with Gasteiger partial charge in [-0.2, -0.15) is 0 Å². The van der Waals surface area contributed by atoms with Crippen molar-refractivity contribution < 1.29 is 4.74 Å². The molecule has 1 aliphatic heterocycles. The van der Waals surface area contributed by atoms with Crippen molar-refractivity contribution in [2.24, 2.45) is 0 Å². The SMILES string of the molecule is CN1CC(c2ccccc2)OCC1(C)C. The van der Waals surface area contributed by atoms with Crippen LogP contribution in [0.15, 0.2) is 30.3 Å². The summed E-state index contributed by atoms with van der Waals surface area (Å²) in [6, 6.07) is 10.4. The maximum atomic E-state index is 5.91. The van der Waals surface area contributed by atoms with Crippen LogP contribution in [0.25, 0.3) is 0 Å². The van der Waals surface area contributed by atoms with Gasteiger partial charge in [-0.15, -0.1) is 0 Å². The summed E-state index contributed by atoms with van der Waals surface area (Å²) in [5.41, 5.74) is 1.44. The second-order valence-corrected chi connectivity index (χ2v) is 4.90. The lowest BCUT2D eigenvalue weighted by Crippen LogP contribution is -2.51. The van der Waals surface area contributed by atoms with Crippen molar-refractivity contribution >= 4 is 0 Å². The van der Waals surface area contributed by atoms with Crippen LogP contribution in [0.3, 0.4) is 0 Å². The fourth-order valence-electron chi connectivity index (χ4n) is 1.83. The standard InChI is InChI=1S/C13H19NO/c1-13(2)10-15-12(9-14(13)3)11-7-5-4-6-8-11/h4-8,12H,9-10H2,1-3H3. The topological polar surface area (TPSA) is 12.5 Å². The maximum Gasteiger partial charge on any atom is 0.0952 e. The van der Waals surface area contributed by atoms with Crippen LogP contribution in [0.2, 0.25) is 0 Å². The van der Waals surface area contributed by atoms with Crippen molar-refractivity contribution in [1.82, 2.24) is 4.90 Å². The fraction of sp³-hybridized carbons (Fsp3) is 0.538. The number of morpholine rings is 1. The first-order valence-electron chi connectivity index (χ1n) is 5.47. The van der Waals surface area contributed by atoms with Gasteiger partial charge in [0.2, 0.25) is 0 Å². The van der Waals surface area contributed by atoms with E-state index in [1.165, 1.54) is 5.56 Å².